The van der Waals surface area contributed by atoms with Crippen LogP contribution in [0.5, 0.6) is 0 Å². The van der Waals surface area contributed by atoms with Crippen LogP contribution in [0.2, 0.25) is 0 Å². The molecule has 0 heterocycles. The van der Waals surface area contributed by atoms with Crippen molar-refractivity contribution in [2.75, 3.05) is 0 Å². The van der Waals surface area contributed by atoms with Gasteiger partial charge in [0.15, 0.2) is 0 Å². The van der Waals surface area contributed by atoms with E-state index in [0.29, 0.717) is 0 Å². The zero-order valence-electron chi connectivity index (χ0n) is 5.64. The second-order valence-corrected chi connectivity index (χ2v) is 0.250. The molecule has 0 amide bonds. The minimum absolute atomic E-state index is 0. The van der Waals surface area contributed by atoms with Gasteiger partial charge in [0.1, 0.15) is 0 Å². The smallest absolute Gasteiger partial charge is 1.00 e. The number of hydrogen-bond donors (Lipinski definition) is 0. The Kier molecular flexibility index (Phi) is 53.7. The summed E-state index contributed by atoms with van der Waals surface area (Å²) in [5.41, 5.74) is 0. The standard InChI is InChI=1S/CH2O3.Ca.Mg.H2O.2H/c2-1(3)4;;;;;/h(H2,2,3,4);;;1H2;;/q;2*+2;;2*-1/p-2. The third kappa shape index (κ3) is 127. The van der Waals surface area contributed by atoms with Crippen LogP contribution in [0.3, 0.4) is 0 Å². The summed E-state index contributed by atoms with van der Waals surface area (Å²) >= 11 is 0. The van der Waals surface area contributed by atoms with Crippen LogP contribution in [0.4, 0.5) is 4.79 Å². The van der Waals surface area contributed by atoms with Gasteiger partial charge in [0, 0.05) is 0 Å². The molecule has 36 valence electrons. The molecule has 0 radical (unpaired) electrons. The molecule has 0 aliphatic carbocycles. The van der Waals surface area contributed by atoms with Crippen molar-refractivity contribution in [2.45, 2.75) is 0 Å². The van der Waals surface area contributed by atoms with Crippen molar-refractivity contribution in [3.63, 3.8) is 0 Å². The fourth-order valence-corrected chi connectivity index (χ4v) is 0. The quantitative estimate of drug-likeness (QED) is 0.326. The third-order valence-electron chi connectivity index (χ3n) is 0. The van der Waals surface area contributed by atoms with Gasteiger partial charge in [-0.15, -0.1) is 0 Å². The molecule has 0 rings (SSSR count). The topological polar surface area (TPSA) is 94.7 Å². The Morgan fingerprint density at radius 2 is 1.43 bits per heavy atom. The maximum Gasteiger partial charge on any atom is 2.00 e. The Hall–Kier alpha value is 1.26. The average Bonchev–Trinajstić information content (AvgIpc) is 0.811. The monoisotopic (exact) mass is 144 g/mol. The van der Waals surface area contributed by atoms with E-state index in [4.69, 9.17) is 15.0 Å². The summed E-state index contributed by atoms with van der Waals surface area (Å²) in [5.74, 6) is 0. The van der Waals surface area contributed by atoms with Gasteiger partial charge < -0.3 is 23.3 Å². The minimum Gasteiger partial charge on any atom is -1.00 e. The number of carboxylic acid groups (broad SMARTS) is 2. The third-order valence-corrected chi connectivity index (χ3v) is 0. The van der Waals surface area contributed by atoms with Gasteiger partial charge in [-0.3, -0.25) is 0 Å². The van der Waals surface area contributed by atoms with Crippen molar-refractivity contribution in [3.8, 4) is 0 Å². The largest absolute Gasteiger partial charge is 2.00 e. The molecule has 0 aromatic heterocycles. The van der Waals surface area contributed by atoms with E-state index in [0.717, 1.165) is 0 Å². The molecule has 0 saturated carbocycles. The van der Waals surface area contributed by atoms with Crippen LogP contribution in [0, 0.1) is 0 Å². The van der Waals surface area contributed by atoms with Crippen LogP contribution in [-0.4, -0.2) is 72.4 Å². The minimum atomic E-state index is -2.33. The molecule has 0 fully saturated rings. The fraction of sp³-hybridized carbons (Fsp3) is 0. The Labute approximate surface area is 89.3 Å². The summed E-state index contributed by atoms with van der Waals surface area (Å²) in [5, 5.41) is 16.7. The van der Waals surface area contributed by atoms with Gasteiger partial charge in [-0.25, -0.2) is 0 Å². The molecule has 0 saturated heterocycles. The van der Waals surface area contributed by atoms with Gasteiger partial charge in [-0.1, -0.05) is 0 Å². The number of hydrogen-bond acceptors (Lipinski definition) is 3. The van der Waals surface area contributed by atoms with E-state index < -0.39 is 6.16 Å². The summed E-state index contributed by atoms with van der Waals surface area (Å²) < 4.78 is 0. The Morgan fingerprint density at radius 3 is 1.43 bits per heavy atom. The molecule has 0 aliphatic heterocycles. The number of carbonyl (C=O) groups is 1. The zero-order valence-corrected chi connectivity index (χ0v) is 7.26. The first-order valence-corrected chi connectivity index (χ1v) is 0.612. The summed E-state index contributed by atoms with van der Waals surface area (Å²) in [6.45, 7) is 0. The number of rotatable bonds is 0. The van der Waals surface area contributed by atoms with Gasteiger partial charge in [0.05, 0.1) is 0 Å². The number of carbonyl (C=O) groups excluding carboxylic acids is 1. The summed E-state index contributed by atoms with van der Waals surface area (Å²) in [6.07, 6.45) is -2.33. The first kappa shape index (κ1) is 24.0. The molecule has 0 aromatic rings. The van der Waals surface area contributed by atoms with Crippen molar-refractivity contribution in [2.24, 2.45) is 0 Å². The summed E-state index contributed by atoms with van der Waals surface area (Å²) in [4.78, 5) is 8.33. The summed E-state index contributed by atoms with van der Waals surface area (Å²) in [7, 11) is 0. The summed E-state index contributed by atoms with van der Waals surface area (Å²) in [6, 6.07) is 0. The molecule has 7 heavy (non-hydrogen) atoms. The predicted molar refractivity (Wildman–Crippen MR) is 22.7 cm³/mol. The zero-order chi connectivity index (χ0) is 3.58. The van der Waals surface area contributed by atoms with E-state index in [2.05, 4.69) is 0 Å². The molecule has 2 N–H and O–H groups in total. The normalized spacial score (nSPS) is 3.43. The van der Waals surface area contributed by atoms with E-state index in [1.54, 1.807) is 0 Å². The van der Waals surface area contributed by atoms with E-state index >= 15 is 0 Å². The van der Waals surface area contributed by atoms with E-state index in [-0.39, 0.29) is 69.1 Å². The maximum atomic E-state index is 8.33. The van der Waals surface area contributed by atoms with Crippen molar-refractivity contribution < 1.29 is 23.3 Å². The van der Waals surface area contributed by atoms with Gasteiger partial charge in [0.2, 0.25) is 0 Å². The Balaban J connectivity index is -0.00000000450. The second-order valence-electron chi connectivity index (χ2n) is 0.250. The van der Waals surface area contributed by atoms with Crippen molar-refractivity contribution >= 4 is 66.9 Å². The first-order valence-electron chi connectivity index (χ1n) is 0.612. The van der Waals surface area contributed by atoms with Crippen LogP contribution in [0.1, 0.15) is 2.85 Å². The molecule has 0 spiro atoms. The first-order chi connectivity index (χ1) is 1.73. The second kappa shape index (κ2) is 15.7. The van der Waals surface area contributed by atoms with E-state index in [1.165, 1.54) is 0 Å². The van der Waals surface area contributed by atoms with E-state index in [1.807, 2.05) is 0 Å². The molecule has 0 unspecified atom stereocenters. The van der Waals surface area contributed by atoms with Crippen molar-refractivity contribution in [3.05, 3.63) is 0 Å². The van der Waals surface area contributed by atoms with Crippen LogP contribution < -0.4 is 10.2 Å². The fourth-order valence-electron chi connectivity index (χ4n) is 0. The molecule has 6 heteroatoms. The van der Waals surface area contributed by atoms with Gasteiger partial charge in [-0.2, -0.15) is 0 Å². The predicted octanol–water partition coefficient (Wildman–Crippen LogP) is -3.81. The molecule has 0 bridgehead atoms. The molecule has 0 aromatic carbocycles. The molecule has 0 aliphatic rings. The van der Waals surface area contributed by atoms with E-state index in [9.17, 15) is 0 Å². The van der Waals surface area contributed by atoms with Crippen LogP contribution in [0.25, 0.3) is 0 Å². The molecule has 0 atom stereocenters. The van der Waals surface area contributed by atoms with Crippen LogP contribution in [0.15, 0.2) is 0 Å². The molecule has 4 nitrogen and oxygen atoms in total. The SMILES string of the molecule is O.O=C([O-])[O-].[Ca+2].[H-].[H-].[Mg+2]. The van der Waals surface area contributed by atoms with Gasteiger partial charge >= 0.3 is 60.8 Å². The van der Waals surface area contributed by atoms with Crippen molar-refractivity contribution in [1.82, 2.24) is 0 Å². The maximum absolute atomic E-state index is 8.33. The van der Waals surface area contributed by atoms with Crippen LogP contribution >= 0.6 is 0 Å². The molecular weight excluding hydrogens is 140 g/mol. The Bertz CT molecular complexity index is 41.5. The average molecular weight is 144 g/mol. The van der Waals surface area contributed by atoms with Crippen molar-refractivity contribution in [1.29, 1.82) is 0 Å². The van der Waals surface area contributed by atoms with Crippen LogP contribution in [-0.2, 0) is 0 Å². The van der Waals surface area contributed by atoms with Gasteiger partial charge in [0.25, 0.3) is 0 Å². The van der Waals surface area contributed by atoms with Gasteiger partial charge in [-0.05, 0) is 6.16 Å². The molecular formula is CH4CaMgO4. The Morgan fingerprint density at radius 1 is 1.43 bits per heavy atom.